The smallest absolute Gasteiger partial charge is 0.276 e. The average molecular weight is 288 g/mol. The topological polar surface area (TPSA) is 91.4 Å². The minimum atomic E-state index is -0.297. The quantitative estimate of drug-likeness (QED) is 0.898. The number of aromatic nitrogens is 2. The number of carbonyl (C=O) groups excluding carboxylic acids is 1. The van der Waals surface area contributed by atoms with Crippen molar-refractivity contribution in [2.24, 2.45) is 0 Å². The maximum atomic E-state index is 12.4. The molecule has 21 heavy (non-hydrogen) atoms. The van der Waals surface area contributed by atoms with Crippen LogP contribution in [-0.2, 0) is 6.54 Å². The zero-order valence-electron chi connectivity index (χ0n) is 11.8. The van der Waals surface area contributed by atoms with E-state index in [0.29, 0.717) is 40.8 Å². The molecule has 3 rings (SSSR count). The molecule has 3 N–H and O–H groups in total. The second-order valence-electron chi connectivity index (χ2n) is 4.69. The van der Waals surface area contributed by atoms with Gasteiger partial charge in [0.1, 0.15) is 5.69 Å². The first-order chi connectivity index (χ1) is 10.1. The van der Waals surface area contributed by atoms with Crippen molar-refractivity contribution in [3.8, 4) is 11.5 Å². The van der Waals surface area contributed by atoms with Crippen LogP contribution in [0.2, 0.25) is 0 Å². The molecule has 0 fully saturated rings. The number of carbonyl (C=O) groups is 1. The summed E-state index contributed by atoms with van der Waals surface area (Å²) in [6, 6.07) is 5.22. The number of nitrogens with one attached hydrogen (secondary N) is 1. The summed E-state index contributed by atoms with van der Waals surface area (Å²) in [4.78, 5) is 12.4. The van der Waals surface area contributed by atoms with Crippen molar-refractivity contribution >= 4 is 17.3 Å². The third-order valence-corrected chi connectivity index (χ3v) is 3.32. The van der Waals surface area contributed by atoms with Crippen molar-refractivity contribution in [2.45, 2.75) is 20.4 Å². The lowest BCUT2D eigenvalue weighted by Gasteiger charge is -2.08. The Labute approximate surface area is 121 Å². The van der Waals surface area contributed by atoms with Gasteiger partial charge in [0.2, 0.25) is 6.79 Å². The second kappa shape index (κ2) is 5.01. The molecule has 0 saturated carbocycles. The fourth-order valence-corrected chi connectivity index (χ4v) is 2.23. The fourth-order valence-electron chi connectivity index (χ4n) is 2.23. The number of fused-ring (bicyclic) bond motifs is 1. The molecule has 0 atom stereocenters. The molecule has 1 aliphatic rings. The third-order valence-electron chi connectivity index (χ3n) is 3.32. The second-order valence-corrected chi connectivity index (χ2v) is 4.69. The molecule has 2 heterocycles. The van der Waals surface area contributed by atoms with Gasteiger partial charge in [0, 0.05) is 18.3 Å². The van der Waals surface area contributed by atoms with Gasteiger partial charge in [0.05, 0.1) is 11.4 Å². The molecule has 0 spiro atoms. The molecule has 0 saturated heterocycles. The Morgan fingerprint density at radius 3 is 2.95 bits per heavy atom. The number of hydrogen-bond acceptors (Lipinski definition) is 5. The van der Waals surface area contributed by atoms with E-state index in [9.17, 15) is 4.79 Å². The number of hydrogen-bond donors (Lipinski definition) is 2. The molecule has 0 unspecified atom stereocenters. The molecule has 0 radical (unpaired) electrons. The average Bonchev–Trinajstić information content (AvgIpc) is 3.03. The molecule has 1 aliphatic heterocycles. The van der Waals surface area contributed by atoms with Crippen LogP contribution in [0, 0.1) is 6.92 Å². The third kappa shape index (κ3) is 2.26. The van der Waals surface area contributed by atoms with Crippen molar-refractivity contribution in [1.82, 2.24) is 9.78 Å². The lowest BCUT2D eigenvalue weighted by atomic mass is 10.2. The number of benzene rings is 1. The Hall–Kier alpha value is -2.70. The zero-order valence-corrected chi connectivity index (χ0v) is 11.8. The van der Waals surface area contributed by atoms with Crippen LogP contribution in [0.25, 0.3) is 0 Å². The standard InChI is InChI=1S/C14H16N4O3/c1-3-18-13(12(15)8(2)17-18)14(19)16-9-4-5-10-11(6-9)21-7-20-10/h4-6H,3,7,15H2,1-2H3,(H,16,19). The van der Waals surface area contributed by atoms with Crippen molar-refractivity contribution < 1.29 is 14.3 Å². The lowest BCUT2D eigenvalue weighted by Crippen LogP contribution is -2.18. The van der Waals surface area contributed by atoms with Crippen LogP contribution in [-0.4, -0.2) is 22.5 Å². The molecule has 1 aromatic carbocycles. The van der Waals surface area contributed by atoms with Crippen LogP contribution >= 0.6 is 0 Å². The Morgan fingerprint density at radius 2 is 2.19 bits per heavy atom. The van der Waals surface area contributed by atoms with Gasteiger partial charge in [-0.3, -0.25) is 9.48 Å². The predicted octanol–water partition coefficient (Wildman–Crippen LogP) is 1.77. The van der Waals surface area contributed by atoms with Gasteiger partial charge in [0.25, 0.3) is 5.91 Å². The number of nitrogen functional groups attached to an aromatic ring is 1. The van der Waals surface area contributed by atoms with E-state index < -0.39 is 0 Å². The molecule has 2 aromatic rings. The Morgan fingerprint density at radius 1 is 1.43 bits per heavy atom. The summed E-state index contributed by atoms with van der Waals surface area (Å²) in [6.45, 7) is 4.45. The molecule has 0 bridgehead atoms. The number of ether oxygens (including phenoxy) is 2. The summed E-state index contributed by atoms with van der Waals surface area (Å²) in [7, 11) is 0. The number of amides is 1. The SMILES string of the molecule is CCn1nc(C)c(N)c1C(=O)Nc1ccc2c(c1)OCO2. The van der Waals surface area contributed by atoms with Gasteiger partial charge in [-0.05, 0) is 26.0 Å². The van der Waals surface area contributed by atoms with E-state index in [4.69, 9.17) is 15.2 Å². The number of aryl methyl sites for hydroxylation is 2. The molecular weight excluding hydrogens is 272 g/mol. The summed E-state index contributed by atoms with van der Waals surface area (Å²) in [5.74, 6) is 0.983. The van der Waals surface area contributed by atoms with Crippen LogP contribution in [0.3, 0.4) is 0 Å². The van der Waals surface area contributed by atoms with Crippen LogP contribution in [0.1, 0.15) is 23.1 Å². The molecule has 1 amide bonds. The van der Waals surface area contributed by atoms with Gasteiger partial charge in [-0.2, -0.15) is 5.10 Å². The first-order valence-corrected chi connectivity index (χ1v) is 6.64. The van der Waals surface area contributed by atoms with E-state index in [0.717, 1.165) is 0 Å². The number of nitrogens with zero attached hydrogens (tertiary/aromatic N) is 2. The molecule has 7 nitrogen and oxygen atoms in total. The van der Waals surface area contributed by atoms with Gasteiger partial charge in [-0.15, -0.1) is 0 Å². The van der Waals surface area contributed by atoms with Crippen LogP contribution in [0.15, 0.2) is 18.2 Å². The fraction of sp³-hybridized carbons (Fsp3) is 0.286. The Bertz CT molecular complexity index is 708. The van der Waals surface area contributed by atoms with E-state index in [2.05, 4.69) is 10.4 Å². The zero-order chi connectivity index (χ0) is 15.0. The van der Waals surface area contributed by atoms with E-state index in [1.54, 1.807) is 29.8 Å². The molecule has 1 aromatic heterocycles. The maximum absolute atomic E-state index is 12.4. The summed E-state index contributed by atoms with van der Waals surface area (Å²) in [6.07, 6.45) is 0. The minimum Gasteiger partial charge on any atom is -0.454 e. The van der Waals surface area contributed by atoms with Gasteiger partial charge in [-0.1, -0.05) is 0 Å². The molecule has 0 aliphatic carbocycles. The number of rotatable bonds is 3. The minimum absolute atomic E-state index is 0.196. The summed E-state index contributed by atoms with van der Waals surface area (Å²) in [5.41, 5.74) is 7.96. The van der Waals surface area contributed by atoms with Gasteiger partial charge < -0.3 is 20.5 Å². The van der Waals surface area contributed by atoms with Crippen LogP contribution in [0.4, 0.5) is 11.4 Å². The first-order valence-electron chi connectivity index (χ1n) is 6.64. The van der Waals surface area contributed by atoms with E-state index in [1.807, 2.05) is 6.92 Å². The summed E-state index contributed by atoms with van der Waals surface area (Å²) in [5, 5.41) is 7.04. The highest BCUT2D eigenvalue weighted by molar-refractivity contribution is 6.06. The predicted molar refractivity (Wildman–Crippen MR) is 77.6 cm³/mol. The lowest BCUT2D eigenvalue weighted by molar-refractivity contribution is 0.101. The number of nitrogens with two attached hydrogens (primary N) is 1. The highest BCUT2D eigenvalue weighted by Crippen LogP contribution is 2.34. The van der Waals surface area contributed by atoms with Crippen molar-refractivity contribution in [2.75, 3.05) is 17.8 Å². The van der Waals surface area contributed by atoms with E-state index >= 15 is 0 Å². The van der Waals surface area contributed by atoms with Gasteiger partial charge in [-0.25, -0.2) is 0 Å². The van der Waals surface area contributed by atoms with Gasteiger partial charge in [0.15, 0.2) is 11.5 Å². The normalized spacial score (nSPS) is 12.5. The highest BCUT2D eigenvalue weighted by atomic mass is 16.7. The van der Waals surface area contributed by atoms with Crippen molar-refractivity contribution in [1.29, 1.82) is 0 Å². The summed E-state index contributed by atoms with van der Waals surface area (Å²) >= 11 is 0. The highest BCUT2D eigenvalue weighted by Gasteiger charge is 2.20. The summed E-state index contributed by atoms with van der Waals surface area (Å²) < 4.78 is 12.1. The number of anilines is 2. The van der Waals surface area contributed by atoms with E-state index in [1.165, 1.54) is 0 Å². The molecule has 7 heteroatoms. The van der Waals surface area contributed by atoms with Gasteiger partial charge >= 0.3 is 0 Å². The molecular formula is C14H16N4O3. The Kier molecular flexibility index (Phi) is 3.17. The maximum Gasteiger partial charge on any atom is 0.276 e. The largest absolute Gasteiger partial charge is 0.454 e. The van der Waals surface area contributed by atoms with Crippen LogP contribution in [0.5, 0.6) is 11.5 Å². The Balaban J connectivity index is 1.87. The first kappa shape index (κ1) is 13.3. The van der Waals surface area contributed by atoms with Crippen LogP contribution < -0.4 is 20.5 Å². The van der Waals surface area contributed by atoms with E-state index in [-0.39, 0.29) is 12.7 Å². The monoisotopic (exact) mass is 288 g/mol. The molecule has 110 valence electrons. The van der Waals surface area contributed by atoms with Crippen molar-refractivity contribution in [3.63, 3.8) is 0 Å². The van der Waals surface area contributed by atoms with Crippen molar-refractivity contribution in [3.05, 3.63) is 29.6 Å².